The van der Waals surface area contributed by atoms with E-state index in [1.54, 1.807) is 12.3 Å². The molecular weight excluding hydrogens is 468 g/mol. The molecule has 1 N–H and O–H groups in total. The summed E-state index contributed by atoms with van der Waals surface area (Å²) in [5, 5.41) is 8.61. The normalized spacial score (nSPS) is 11.5. The van der Waals surface area contributed by atoms with Crippen LogP contribution in [0.25, 0.3) is 22.6 Å². The Morgan fingerprint density at radius 2 is 1.91 bits per heavy atom. The molecule has 0 saturated heterocycles. The van der Waals surface area contributed by atoms with Gasteiger partial charge in [-0.15, -0.1) is 10.2 Å². The molecule has 4 aromatic heterocycles. The van der Waals surface area contributed by atoms with E-state index in [0.29, 0.717) is 52.7 Å². The van der Waals surface area contributed by atoms with Gasteiger partial charge in [0.1, 0.15) is 11.6 Å². The Balaban J connectivity index is 1.51. The first-order valence-corrected chi connectivity index (χ1v) is 12.3. The highest BCUT2D eigenvalue weighted by molar-refractivity contribution is 7.98. The Labute approximate surface area is 204 Å². The van der Waals surface area contributed by atoms with Crippen molar-refractivity contribution in [3.8, 4) is 11.5 Å². The predicted octanol–water partition coefficient (Wildman–Crippen LogP) is 3.98. The van der Waals surface area contributed by atoms with Crippen LogP contribution in [-0.2, 0) is 18.8 Å². The Kier molecular flexibility index (Phi) is 6.41. The van der Waals surface area contributed by atoms with Crippen molar-refractivity contribution in [2.75, 3.05) is 0 Å². The molecular formula is C24H24N6O4S. The number of fused-ring (bicyclic) bond motifs is 1. The number of H-pyrrole nitrogens is 1. The molecule has 0 aliphatic carbocycles. The zero-order valence-electron chi connectivity index (χ0n) is 19.4. The van der Waals surface area contributed by atoms with E-state index in [0.717, 1.165) is 24.0 Å². The van der Waals surface area contributed by atoms with Gasteiger partial charge in [0.25, 0.3) is 16.7 Å². The van der Waals surface area contributed by atoms with E-state index in [4.69, 9.17) is 13.8 Å². The van der Waals surface area contributed by atoms with Gasteiger partial charge in [-0.2, -0.15) is 0 Å². The van der Waals surface area contributed by atoms with E-state index >= 15 is 0 Å². The number of unbranched alkanes of at least 4 members (excludes halogenated alkanes) is 1. The van der Waals surface area contributed by atoms with Crippen LogP contribution in [0.15, 0.2) is 66.3 Å². The number of imidazole rings is 1. The lowest BCUT2D eigenvalue weighted by molar-refractivity contribution is 0.463. The minimum Gasteiger partial charge on any atom is -0.469 e. The van der Waals surface area contributed by atoms with Crippen molar-refractivity contribution in [3.63, 3.8) is 0 Å². The monoisotopic (exact) mass is 492 g/mol. The minimum absolute atomic E-state index is 0.307. The summed E-state index contributed by atoms with van der Waals surface area (Å²) in [7, 11) is 0. The van der Waals surface area contributed by atoms with Gasteiger partial charge >= 0.3 is 5.69 Å². The third kappa shape index (κ3) is 4.59. The molecule has 180 valence electrons. The molecule has 0 fully saturated rings. The molecule has 4 heterocycles. The summed E-state index contributed by atoms with van der Waals surface area (Å²) in [4.78, 5) is 32.8. The second-order valence-corrected chi connectivity index (χ2v) is 9.02. The van der Waals surface area contributed by atoms with Gasteiger partial charge < -0.3 is 13.4 Å². The molecule has 35 heavy (non-hydrogen) atoms. The van der Waals surface area contributed by atoms with E-state index in [1.807, 2.05) is 41.8 Å². The molecule has 11 heteroatoms. The van der Waals surface area contributed by atoms with E-state index in [9.17, 15) is 9.59 Å². The van der Waals surface area contributed by atoms with Gasteiger partial charge in [0.15, 0.2) is 11.2 Å². The van der Waals surface area contributed by atoms with Crippen LogP contribution < -0.4 is 11.2 Å². The lowest BCUT2D eigenvalue weighted by atomic mass is 10.2. The average molecular weight is 493 g/mol. The maximum atomic E-state index is 12.9. The molecule has 0 spiro atoms. The van der Waals surface area contributed by atoms with Crippen molar-refractivity contribution < 1.29 is 8.83 Å². The summed E-state index contributed by atoms with van der Waals surface area (Å²) in [6.07, 6.45) is 3.39. The number of benzene rings is 1. The van der Waals surface area contributed by atoms with Crippen molar-refractivity contribution in [3.05, 3.63) is 80.6 Å². The largest absolute Gasteiger partial charge is 0.469 e. The SMILES string of the molecule is CCCCn1c(CSc2nnc(-c3ccoc3C)o2)nc2c1c(=O)[nH]c(=O)n2Cc1ccccc1. The molecule has 0 bridgehead atoms. The summed E-state index contributed by atoms with van der Waals surface area (Å²) < 4.78 is 14.5. The van der Waals surface area contributed by atoms with Gasteiger partial charge in [0, 0.05) is 6.54 Å². The molecule has 0 unspecified atom stereocenters. The predicted molar refractivity (Wildman–Crippen MR) is 131 cm³/mol. The van der Waals surface area contributed by atoms with Crippen LogP contribution in [0.4, 0.5) is 0 Å². The van der Waals surface area contributed by atoms with Crippen molar-refractivity contribution in [1.29, 1.82) is 0 Å². The van der Waals surface area contributed by atoms with Crippen LogP contribution in [-0.4, -0.2) is 29.3 Å². The van der Waals surface area contributed by atoms with Gasteiger partial charge in [-0.3, -0.25) is 14.3 Å². The van der Waals surface area contributed by atoms with Gasteiger partial charge in [-0.25, -0.2) is 9.78 Å². The van der Waals surface area contributed by atoms with Gasteiger partial charge in [-0.1, -0.05) is 55.4 Å². The summed E-state index contributed by atoms with van der Waals surface area (Å²) in [5.41, 5.74) is 1.53. The van der Waals surface area contributed by atoms with E-state index in [1.165, 1.54) is 16.3 Å². The molecule has 0 amide bonds. The molecule has 1 aromatic carbocycles. The summed E-state index contributed by atoms with van der Waals surface area (Å²) in [6, 6.07) is 11.4. The second-order valence-electron chi connectivity index (χ2n) is 8.09. The lowest BCUT2D eigenvalue weighted by Gasteiger charge is -2.08. The minimum atomic E-state index is -0.484. The second kappa shape index (κ2) is 9.79. The molecule has 5 aromatic rings. The highest BCUT2D eigenvalue weighted by Crippen LogP contribution is 2.28. The number of aryl methyl sites for hydroxylation is 2. The topological polar surface area (TPSA) is 125 Å². The number of hydrogen-bond donors (Lipinski definition) is 1. The molecule has 0 aliphatic heterocycles. The van der Waals surface area contributed by atoms with E-state index in [-0.39, 0.29) is 0 Å². The smallest absolute Gasteiger partial charge is 0.330 e. The Hall–Kier alpha value is -3.86. The number of hydrogen-bond acceptors (Lipinski definition) is 8. The van der Waals surface area contributed by atoms with Crippen LogP contribution in [0, 0.1) is 6.92 Å². The third-order valence-corrected chi connectivity index (χ3v) is 6.52. The lowest BCUT2D eigenvalue weighted by Crippen LogP contribution is -2.31. The standard InChI is InChI=1S/C24H24N6O4S/c1-3-4-11-29-18(14-35-24-28-27-22(34-24)17-10-12-33-15(17)2)25-20-19(29)21(31)26-23(32)30(20)13-16-8-6-5-7-9-16/h5-10,12H,3-4,11,13-14H2,1-2H3,(H,26,31,32). The molecule has 0 aliphatic rings. The van der Waals surface area contributed by atoms with E-state index in [2.05, 4.69) is 22.1 Å². The maximum absolute atomic E-state index is 12.9. The highest BCUT2D eigenvalue weighted by atomic mass is 32.2. The van der Waals surface area contributed by atoms with Crippen molar-refractivity contribution in [1.82, 2.24) is 29.3 Å². The molecule has 0 radical (unpaired) electrons. The molecule has 10 nitrogen and oxygen atoms in total. The van der Waals surface area contributed by atoms with Gasteiger partial charge in [0.05, 0.1) is 24.1 Å². The van der Waals surface area contributed by atoms with Crippen molar-refractivity contribution in [2.24, 2.45) is 0 Å². The van der Waals surface area contributed by atoms with Crippen LogP contribution in [0.5, 0.6) is 0 Å². The fourth-order valence-corrected chi connectivity index (χ4v) is 4.62. The summed E-state index contributed by atoms with van der Waals surface area (Å²) in [6.45, 7) is 4.83. The third-order valence-electron chi connectivity index (χ3n) is 5.70. The van der Waals surface area contributed by atoms with E-state index < -0.39 is 11.2 Å². The summed E-state index contributed by atoms with van der Waals surface area (Å²) >= 11 is 1.33. The van der Waals surface area contributed by atoms with Gasteiger partial charge in [-0.05, 0) is 25.0 Å². The van der Waals surface area contributed by atoms with Gasteiger partial charge in [0.2, 0.25) is 0 Å². The number of aromatic amines is 1. The van der Waals surface area contributed by atoms with Crippen molar-refractivity contribution in [2.45, 2.75) is 50.8 Å². The number of aromatic nitrogens is 6. The first-order valence-electron chi connectivity index (χ1n) is 11.3. The molecule has 5 rings (SSSR count). The molecule has 0 saturated carbocycles. The van der Waals surface area contributed by atoms with Crippen LogP contribution in [0.2, 0.25) is 0 Å². The maximum Gasteiger partial charge on any atom is 0.330 e. The van der Waals surface area contributed by atoms with Crippen LogP contribution in [0.3, 0.4) is 0 Å². The fraction of sp³-hybridized carbons (Fsp3) is 0.292. The quantitative estimate of drug-likeness (QED) is 0.306. The number of nitrogens with one attached hydrogen (secondary N) is 1. The number of nitrogens with zero attached hydrogens (tertiary/aromatic N) is 5. The zero-order chi connectivity index (χ0) is 24.4. The first-order chi connectivity index (χ1) is 17.0. The van der Waals surface area contributed by atoms with Crippen molar-refractivity contribution >= 4 is 22.9 Å². The Morgan fingerprint density at radius 3 is 2.66 bits per heavy atom. The number of furan rings is 1. The number of thioether (sulfide) groups is 1. The molecule has 0 atom stereocenters. The Morgan fingerprint density at radius 1 is 1.09 bits per heavy atom. The van der Waals surface area contributed by atoms with Crippen LogP contribution in [0.1, 0.15) is 36.9 Å². The van der Waals surface area contributed by atoms with Crippen LogP contribution >= 0.6 is 11.8 Å². The summed E-state index contributed by atoms with van der Waals surface area (Å²) in [5.74, 6) is 2.13. The number of rotatable bonds is 9. The fourth-order valence-electron chi connectivity index (χ4n) is 3.91. The highest BCUT2D eigenvalue weighted by Gasteiger charge is 2.20. The first kappa shape index (κ1) is 22.9. The Bertz CT molecular complexity index is 1580. The zero-order valence-corrected chi connectivity index (χ0v) is 20.2. The average Bonchev–Trinajstić information content (AvgIpc) is 3.58.